The van der Waals surface area contributed by atoms with Crippen molar-refractivity contribution < 1.29 is 14.3 Å². The summed E-state index contributed by atoms with van der Waals surface area (Å²) >= 11 is 2.84. The van der Waals surface area contributed by atoms with Gasteiger partial charge in [0.25, 0.3) is 0 Å². The van der Waals surface area contributed by atoms with Gasteiger partial charge in [-0.05, 0) is 60.4 Å². The average molecular weight is 552 g/mol. The van der Waals surface area contributed by atoms with Crippen LogP contribution in [-0.4, -0.2) is 33.5 Å². The lowest BCUT2D eigenvalue weighted by atomic mass is 9.72. The number of nitrogens with zero attached hydrogens (tertiary/aromatic N) is 4. The zero-order valence-electron chi connectivity index (χ0n) is 22.2. The molecular formula is C28H33N5O3S2. The Morgan fingerprint density at radius 1 is 1.32 bits per heavy atom. The third kappa shape index (κ3) is 6.40. The largest absolute Gasteiger partial charge is 0.497 e. The number of rotatable bonds is 10. The Morgan fingerprint density at radius 3 is 2.71 bits per heavy atom. The maximum absolute atomic E-state index is 12.9. The van der Waals surface area contributed by atoms with Crippen molar-refractivity contribution in [3.05, 3.63) is 58.7 Å². The van der Waals surface area contributed by atoms with Gasteiger partial charge in [-0.2, -0.15) is 5.26 Å². The monoisotopic (exact) mass is 551 g/mol. The van der Waals surface area contributed by atoms with Gasteiger partial charge in [-0.25, -0.2) is 0 Å². The zero-order valence-corrected chi connectivity index (χ0v) is 23.9. The van der Waals surface area contributed by atoms with E-state index in [1.807, 2.05) is 28.8 Å². The van der Waals surface area contributed by atoms with E-state index in [0.717, 1.165) is 30.6 Å². The van der Waals surface area contributed by atoms with E-state index in [1.165, 1.54) is 16.6 Å². The number of amides is 1. The molecule has 3 aromatic rings. The summed E-state index contributed by atoms with van der Waals surface area (Å²) in [4.78, 5) is 14.1. The van der Waals surface area contributed by atoms with E-state index in [9.17, 15) is 10.1 Å². The van der Waals surface area contributed by atoms with Gasteiger partial charge >= 0.3 is 0 Å². The minimum Gasteiger partial charge on any atom is -0.497 e. The molecule has 1 N–H and O–H groups in total. The maximum Gasteiger partial charge on any atom is 0.235 e. The number of ether oxygens (including phenoxy) is 2. The molecule has 0 spiro atoms. The minimum absolute atomic E-state index is 0.146. The van der Waals surface area contributed by atoms with Crippen LogP contribution in [0, 0.1) is 22.7 Å². The normalized spacial score (nSPS) is 14.9. The van der Waals surface area contributed by atoms with E-state index in [2.05, 4.69) is 48.9 Å². The fourth-order valence-corrected chi connectivity index (χ4v) is 6.55. The van der Waals surface area contributed by atoms with Crippen LogP contribution in [-0.2, 0) is 30.8 Å². The molecule has 10 heteroatoms. The molecule has 0 saturated carbocycles. The van der Waals surface area contributed by atoms with Gasteiger partial charge in [-0.3, -0.25) is 9.36 Å². The fraction of sp³-hybridized carbons (Fsp3) is 0.429. The number of fused-ring (bicyclic) bond motifs is 1. The Hall–Kier alpha value is -3.29. The summed E-state index contributed by atoms with van der Waals surface area (Å²) in [7, 11) is 1.62. The number of thiophene rings is 1. The highest BCUT2D eigenvalue weighted by Crippen LogP contribution is 2.44. The van der Waals surface area contributed by atoms with Crippen LogP contribution < -0.4 is 14.8 Å². The van der Waals surface area contributed by atoms with Gasteiger partial charge in [0.15, 0.2) is 11.0 Å². The highest BCUT2D eigenvalue weighted by atomic mass is 32.2. The van der Waals surface area contributed by atoms with E-state index < -0.39 is 0 Å². The molecular weight excluding hydrogens is 518 g/mol. The van der Waals surface area contributed by atoms with Crippen LogP contribution in [0.15, 0.2) is 42.1 Å². The molecule has 2 heterocycles. The number of anilines is 1. The summed E-state index contributed by atoms with van der Waals surface area (Å²) in [6.45, 7) is 11.3. The molecule has 1 atom stereocenters. The third-order valence-electron chi connectivity index (χ3n) is 6.72. The molecule has 1 amide bonds. The molecule has 2 aromatic heterocycles. The molecule has 1 aliphatic carbocycles. The van der Waals surface area contributed by atoms with Crippen LogP contribution in [0.3, 0.4) is 0 Å². The summed E-state index contributed by atoms with van der Waals surface area (Å²) < 4.78 is 12.9. The van der Waals surface area contributed by atoms with Crippen molar-refractivity contribution in [1.29, 1.82) is 5.26 Å². The third-order valence-corrected chi connectivity index (χ3v) is 8.86. The summed E-state index contributed by atoms with van der Waals surface area (Å²) in [6, 6.07) is 9.64. The van der Waals surface area contributed by atoms with Crippen LogP contribution in [0.2, 0.25) is 0 Å². The summed E-state index contributed by atoms with van der Waals surface area (Å²) in [5, 5.41) is 22.6. The molecule has 8 nitrogen and oxygen atoms in total. The molecule has 1 aliphatic rings. The van der Waals surface area contributed by atoms with Crippen LogP contribution in [0.1, 0.15) is 49.0 Å². The van der Waals surface area contributed by atoms with E-state index in [4.69, 9.17) is 9.47 Å². The van der Waals surface area contributed by atoms with Crippen molar-refractivity contribution in [3.63, 3.8) is 0 Å². The Labute approximate surface area is 232 Å². The zero-order chi connectivity index (χ0) is 27.3. The first-order chi connectivity index (χ1) is 18.2. The predicted octanol–water partition coefficient (Wildman–Crippen LogP) is 5.87. The molecule has 38 heavy (non-hydrogen) atoms. The van der Waals surface area contributed by atoms with Crippen molar-refractivity contribution >= 4 is 34.0 Å². The van der Waals surface area contributed by atoms with Gasteiger partial charge in [-0.1, -0.05) is 38.6 Å². The highest BCUT2D eigenvalue weighted by Gasteiger charge is 2.32. The van der Waals surface area contributed by atoms with Gasteiger partial charge in [0.2, 0.25) is 5.91 Å². The second kappa shape index (κ2) is 12.0. The van der Waals surface area contributed by atoms with E-state index in [0.29, 0.717) is 39.8 Å². The van der Waals surface area contributed by atoms with Gasteiger partial charge in [-0.15, -0.1) is 28.1 Å². The number of hydrogen-bond acceptors (Lipinski definition) is 8. The lowest BCUT2D eigenvalue weighted by molar-refractivity contribution is -0.113. The first-order valence-corrected chi connectivity index (χ1v) is 14.3. The first-order valence-electron chi connectivity index (χ1n) is 12.5. The van der Waals surface area contributed by atoms with Crippen molar-refractivity contribution in [1.82, 2.24) is 14.8 Å². The molecule has 4 rings (SSSR count). The Balaban J connectivity index is 1.39. The van der Waals surface area contributed by atoms with E-state index in [1.54, 1.807) is 24.5 Å². The highest BCUT2D eigenvalue weighted by molar-refractivity contribution is 7.99. The number of nitriles is 1. The Bertz CT molecular complexity index is 1330. The predicted molar refractivity (Wildman–Crippen MR) is 151 cm³/mol. The molecule has 0 unspecified atom stereocenters. The summed E-state index contributed by atoms with van der Waals surface area (Å²) in [6.07, 6.45) is 4.65. The number of methoxy groups -OCH3 is 1. The Kier molecular flexibility index (Phi) is 8.80. The van der Waals surface area contributed by atoms with Crippen molar-refractivity contribution in [2.24, 2.45) is 11.3 Å². The summed E-state index contributed by atoms with van der Waals surface area (Å²) in [5.74, 6) is 2.61. The molecule has 200 valence electrons. The van der Waals surface area contributed by atoms with Crippen LogP contribution in [0.25, 0.3) is 0 Å². The van der Waals surface area contributed by atoms with Gasteiger partial charge < -0.3 is 14.8 Å². The minimum atomic E-state index is -0.179. The Morgan fingerprint density at radius 2 is 2.05 bits per heavy atom. The standard InChI is InChI=1S/C28H33N5O3S2/c1-6-13-33-24(16-36-20-10-8-19(35-5)9-11-20)31-32-27(33)37-17-25(34)30-26-22(15-29)21-12-7-18(28(2,3)4)14-23(21)38-26/h6,8-11,18H,1,7,12-14,16-17H2,2-5H3,(H,30,34)/t18-/m1/s1. The van der Waals surface area contributed by atoms with Crippen LogP contribution in [0.4, 0.5) is 5.00 Å². The maximum atomic E-state index is 12.9. The number of aromatic nitrogens is 3. The molecule has 1 aromatic carbocycles. The first kappa shape index (κ1) is 27.7. The molecule has 0 radical (unpaired) electrons. The number of carbonyl (C=O) groups is 1. The lowest BCUT2D eigenvalue weighted by Crippen LogP contribution is -2.26. The quantitative estimate of drug-likeness (QED) is 0.248. The fourth-order valence-electron chi connectivity index (χ4n) is 4.49. The van der Waals surface area contributed by atoms with Gasteiger partial charge in [0, 0.05) is 11.4 Å². The topological polar surface area (TPSA) is 102 Å². The summed E-state index contributed by atoms with van der Waals surface area (Å²) in [5.41, 5.74) is 1.94. The lowest BCUT2D eigenvalue weighted by Gasteiger charge is -2.33. The average Bonchev–Trinajstić information content (AvgIpc) is 3.45. The number of allylic oxidation sites excluding steroid dienone is 1. The molecule has 0 fully saturated rings. The number of carbonyl (C=O) groups excluding carboxylic acids is 1. The van der Waals surface area contributed by atoms with Gasteiger partial charge in [0.05, 0.1) is 18.4 Å². The van der Waals surface area contributed by atoms with Crippen molar-refractivity contribution in [3.8, 4) is 17.6 Å². The molecule has 0 saturated heterocycles. The number of hydrogen-bond donors (Lipinski definition) is 1. The van der Waals surface area contributed by atoms with E-state index in [-0.39, 0.29) is 23.7 Å². The van der Waals surface area contributed by atoms with Crippen molar-refractivity contribution in [2.45, 2.75) is 58.3 Å². The smallest absolute Gasteiger partial charge is 0.235 e. The molecule has 0 bridgehead atoms. The van der Waals surface area contributed by atoms with Gasteiger partial charge in [0.1, 0.15) is 29.2 Å². The van der Waals surface area contributed by atoms with E-state index >= 15 is 0 Å². The molecule has 0 aliphatic heterocycles. The number of benzene rings is 1. The second-order valence-corrected chi connectivity index (χ2v) is 12.3. The number of nitrogens with one attached hydrogen (secondary N) is 1. The van der Waals surface area contributed by atoms with Crippen molar-refractivity contribution in [2.75, 3.05) is 18.2 Å². The number of thioether (sulfide) groups is 1. The van der Waals surface area contributed by atoms with Crippen LogP contribution in [0.5, 0.6) is 11.5 Å². The SMILES string of the molecule is C=CCn1c(COc2ccc(OC)cc2)nnc1SCC(=O)Nc1sc2c(c1C#N)CC[C@@H](C(C)(C)C)C2. The van der Waals surface area contributed by atoms with Crippen LogP contribution >= 0.6 is 23.1 Å². The second-order valence-electron chi connectivity index (χ2n) is 10.2.